The third kappa shape index (κ3) is 3.92. The fourth-order valence-corrected chi connectivity index (χ4v) is 3.08. The average molecular weight is 316 g/mol. The average Bonchev–Trinajstić information content (AvgIpc) is 3.19. The first-order valence-corrected chi connectivity index (χ1v) is 8.65. The van der Waals surface area contributed by atoms with Gasteiger partial charge in [0.05, 0.1) is 0 Å². The minimum absolute atomic E-state index is 0.490. The Labute approximate surface area is 139 Å². The van der Waals surface area contributed by atoms with Gasteiger partial charge in [-0.2, -0.15) is 0 Å². The molecule has 3 rings (SSSR count). The topological polar surface area (TPSA) is 56.7 Å². The predicted molar refractivity (Wildman–Crippen MR) is 93.7 cm³/mol. The highest BCUT2D eigenvalue weighted by molar-refractivity contribution is 5.80. The first-order valence-electron chi connectivity index (χ1n) is 8.65. The Morgan fingerprint density at radius 3 is 2.48 bits per heavy atom. The number of rotatable bonds is 4. The van der Waals surface area contributed by atoms with Crippen molar-refractivity contribution in [1.82, 2.24) is 20.2 Å². The molecule has 6 nitrogen and oxygen atoms in total. The number of guanidine groups is 1. The number of hydrogen-bond donors (Lipinski definition) is 1. The standard InChI is InChI=1S/C17H28N6/c1-4-18-15(21-13-14-12-17(14,2)3)22-8-10-23(11-9-22)16-19-6-5-7-20-16/h5-7,14H,4,8-13H2,1-3H3,(H,18,21). The molecule has 2 fully saturated rings. The molecule has 1 aromatic heterocycles. The molecular formula is C17H28N6. The maximum atomic E-state index is 4.87. The Balaban J connectivity index is 1.56. The summed E-state index contributed by atoms with van der Waals surface area (Å²) in [5.41, 5.74) is 0.490. The Morgan fingerprint density at radius 1 is 1.26 bits per heavy atom. The van der Waals surface area contributed by atoms with E-state index in [9.17, 15) is 0 Å². The molecule has 126 valence electrons. The lowest BCUT2D eigenvalue weighted by Gasteiger charge is -2.36. The van der Waals surface area contributed by atoms with Crippen molar-refractivity contribution in [1.29, 1.82) is 0 Å². The minimum atomic E-state index is 0.490. The van der Waals surface area contributed by atoms with E-state index >= 15 is 0 Å². The molecular weight excluding hydrogens is 288 g/mol. The maximum Gasteiger partial charge on any atom is 0.225 e. The van der Waals surface area contributed by atoms with E-state index in [1.807, 2.05) is 6.07 Å². The van der Waals surface area contributed by atoms with Crippen LogP contribution in [-0.4, -0.2) is 60.1 Å². The van der Waals surface area contributed by atoms with E-state index in [-0.39, 0.29) is 0 Å². The SMILES string of the molecule is CCNC(=NCC1CC1(C)C)N1CCN(c2ncccn2)CC1. The molecule has 23 heavy (non-hydrogen) atoms. The summed E-state index contributed by atoms with van der Waals surface area (Å²) in [6.45, 7) is 12.4. The van der Waals surface area contributed by atoms with Gasteiger partial charge in [-0.15, -0.1) is 0 Å². The molecule has 1 aliphatic heterocycles. The van der Waals surface area contributed by atoms with Crippen LogP contribution in [0.3, 0.4) is 0 Å². The van der Waals surface area contributed by atoms with Crippen molar-refractivity contribution < 1.29 is 0 Å². The summed E-state index contributed by atoms with van der Waals surface area (Å²) in [6.07, 6.45) is 4.91. The van der Waals surface area contributed by atoms with Gasteiger partial charge in [-0.05, 0) is 30.7 Å². The van der Waals surface area contributed by atoms with Crippen molar-refractivity contribution in [3.05, 3.63) is 18.5 Å². The summed E-state index contributed by atoms with van der Waals surface area (Å²) in [4.78, 5) is 18.2. The van der Waals surface area contributed by atoms with Crippen molar-refractivity contribution in [2.45, 2.75) is 27.2 Å². The van der Waals surface area contributed by atoms with Crippen LogP contribution in [0, 0.1) is 11.3 Å². The van der Waals surface area contributed by atoms with Crippen LogP contribution in [-0.2, 0) is 0 Å². The van der Waals surface area contributed by atoms with Crippen LogP contribution in [0.2, 0.25) is 0 Å². The Kier molecular flexibility index (Phi) is 4.68. The third-order valence-electron chi connectivity index (χ3n) is 4.93. The van der Waals surface area contributed by atoms with Crippen LogP contribution in [0.1, 0.15) is 27.2 Å². The normalized spacial score (nSPS) is 23.8. The number of aliphatic imine (C=N–C) groups is 1. The smallest absolute Gasteiger partial charge is 0.225 e. The van der Waals surface area contributed by atoms with Crippen LogP contribution in [0.4, 0.5) is 5.95 Å². The highest BCUT2D eigenvalue weighted by atomic mass is 15.4. The predicted octanol–water partition coefficient (Wildman–Crippen LogP) is 1.61. The first-order chi connectivity index (χ1) is 11.1. The maximum absolute atomic E-state index is 4.87. The summed E-state index contributed by atoms with van der Waals surface area (Å²) in [5.74, 6) is 2.63. The second kappa shape index (κ2) is 6.72. The number of anilines is 1. The van der Waals surface area contributed by atoms with Gasteiger partial charge in [0, 0.05) is 51.7 Å². The summed E-state index contributed by atoms with van der Waals surface area (Å²) in [7, 11) is 0. The lowest BCUT2D eigenvalue weighted by molar-refractivity contribution is 0.369. The molecule has 0 amide bonds. The quantitative estimate of drug-likeness (QED) is 0.675. The van der Waals surface area contributed by atoms with Crippen molar-refractivity contribution in [2.24, 2.45) is 16.3 Å². The van der Waals surface area contributed by atoms with Gasteiger partial charge in [0.2, 0.25) is 5.95 Å². The zero-order valence-electron chi connectivity index (χ0n) is 14.5. The monoisotopic (exact) mass is 316 g/mol. The summed E-state index contributed by atoms with van der Waals surface area (Å²) in [5, 5.41) is 3.44. The second-order valence-electron chi connectivity index (χ2n) is 7.11. The van der Waals surface area contributed by atoms with Crippen molar-refractivity contribution in [3.8, 4) is 0 Å². The molecule has 2 heterocycles. The lowest BCUT2D eigenvalue weighted by Crippen LogP contribution is -2.53. The molecule has 1 unspecified atom stereocenters. The van der Waals surface area contributed by atoms with E-state index in [1.54, 1.807) is 12.4 Å². The van der Waals surface area contributed by atoms with E-state index in [0.29, 0.717) is 5.41 Å². The van der Waals surface area contributed by atoms with E-state index in [2.05, 4.69) is 45.9 Å². The van der Waals surface area contributed by atoms with Crippen molar-refractivity contribution in [3.63, 3.8) is 0 Å². The Morgan fingerprint density at radius 2 is 1.91 bits per heavy atom. The highest BCUT2D eigenvalue weighted by Gasteiger charge is 2.45. The molecule has 1 N–H and O–H groups in total. The van der Waals surface area contributed by atoms with Gasteiger partial charge in [-0.25, -0.2) is 9.97 Å². The number of hydrogen-bond acceptors (Lipinski definition) is 4. The summed E-state index contributed by atoms with van der Waals surface area (Å²) < 4.78 is 0. The fourth-order valence-electron chi connectivity index (χ4n) is 3.08. The Hall–Kier alpha value is -1.85. The van der Waals surface area contributed by atoms with Crippen LogP contribution in [0.15, 0.2) is 23.5 Å². The van der Waals surface area contributed by atoms with Crippen molar-refractivity contribution in [2.75, 3.05) is 44.2 Å². The molecule has 0 aromatic carbocycles. The zero-order chi connectivity index (χ0) is 16.3. The molecule has 0 spiro atoms. The van der Waals surface area contributed by atoms with E-state index in [1.165, 1.54) is 6.42 Å². The molecule has 1 atom stereocenters. The van der Waals surface area contributed by atoms with Gasteiger partial charge in [-0.3, -0.25) is 4.99 Å². The minimum Gasteiger partial charge on any atom is -0.357 e. The zero-order valence-corrected chi connectivity index (χ0v) is 14.5. The summed E-state index contributed by atoms with van der Waals surface area (Å²) >= 11 is 0. The van der Waals surface area contributed by atoms with Crippen LogP contribution in [0.5, 0.6) is 0 Å². The summed E-state index contributed by atoms with van der Waals surface area (Å²) in [6, 6.07) is 1.86. The number of nitrogens with one attached hydrogen (secondary N) is 1. The number of nitrogens with zero attached hydrogens (tertiary/aromatic N) is 5. The molecule has 1 saturated heterocycles. The van der Waals surface area contributed by atoms with Gasteiger partial charge in [0.1, 0.15) is 0 Å². The molecule has 0 radical (unpaired) electrons. The van der Waals surface area contributed by atoms with Crippen LogP contribution >= 0.6 is 0 Å². The molecule has 1 aliphatic carbocycles. The largest absolute Gasteiger partial charge is 0.357 e. The van der Waals surface area contributed by atoms with Crippen LogP contribution < -0.4 is 10.2 Å². The molecule has 0 bridgehead atoms. The van der Waals surface area contributed by atoms with Crippen molar-refractivity contribution >= 4 is 11.9 Å². The van der Waals surface area contributed by atoms with Gasteiger partial charge in [0.25, 0.3) is 0 Å². The highest BCUT2D eigenvalue weighted by Crippen LogP contribution is 2.51. The Bertz CT molecular complexity index is 533. The molecule has 1 saturated carbocycles. The van der Waals surface area contributed by atoms with Gasteiger partial charge >= 0.3 is 0 Å². The van der Waals surface area contributed by atoms with E-state index in [0.717, 1.165) is 57.1 Å². The van der Waals surface area contributed by atoms with Gasteiger partial charge in [-0.1, -0.05) is 13.8 Å². The number of piperazine rings is 1. The van der Waals surface area contributed by atoms with E-state index in [4.69, 9.17) is 4.99 Å². The molecule has 6 heteroatoms. The number of aromatic nitrogens is 2. The van der Waals surface area contributed by atoms with E-state index < -0.39 is 0 Å². The fraction of sp³-hybridized carbons (Fsp3) is 0.706. The third-order valence-corrected chi connectivity index (χ3v) is 4.93. The second-order valence-corrected chi connectivity index (χ2v) is 7.11. The first kappa shape index (κ1) is 16.0. The van der Waals surface area contributed by atoms with Gasteiger partial charge < -0.3 is 15.1 Å². The van der Waals surface area contributed by atoms with Gasteiger partial charge in [0.15, 0.2) is 5.96 Å². The molecule has 1 aromatic rings. The molecule has 2 aliphatic rings. The lowest BCUT2D eigenvalue weighted by atomic mass is 10.1. The van der Waals surface area contributed by atoms with Crippen LogP contribution in [0.25, 0.3) is 0 Å².